The molecule has 2 N–H and O–H groups in total. The highest BCUT2D eigenvalue weighted by Crippen LogP contribution is 2.32. The molecule has 3 aromatic carbocycles. The Morgan fingerprint density at radius 2 is 1.88 bits per heavy atom. The average molecular weight is 441 g/mol. The van der Waals surface area contributed by atoms with Gasteiger partial charge in [0.1, 0.15) is 5.75 Å². The zero-order chi connectivity index (χ0) is 22.9. The fraction of sp³-hybridized carbons (Fsp3) is 0.154. The van der Waals surface area contributed by atoms with Crippen LogP contribution in [0.15, 0.2) is 75.9 Å². The number of anilines is 1. The van der Waals surface area contributed by atoms with E-state index in [4.69, 9.17) is 9.15 Å². The predicted octanol–water partition coefficient (Wildman–Crippen LogP) is 4.86. The molecule has 5 rings (SSSR count). The zero-order valence-corrected chi connectivity index (χ0v) is 18.3. The van der Waals surface area contributed by atoms with E-state index >= 15 is 0 Å². The SMILES string of the molecule is COc1ccc(-c2[nH]c3ccccc3c2CCC(=O)Nc2ccc3c(c2)oc(=O)n3C)cc1. The van der Waals surface area contributed by atoms with Gasteiger partial charge in [0.2, 0.25) is 5.91 Å². The van der Waals surface area contributed by atoms with E-state index in [9.17, 15) is 9.59 Å². The van der Waals surface area contributed by atoms with Crippen LogP contribution in [0.1, 0.15) is 12.0 Å². The molecule has 0 bridgehead atoms. The Bertz CT molecular complexity index is 1520. The molecule has 2 heterocycles. The molecule has 1 amide bonds. The van der Waals surface area contributed by atoms with E-state index in [1.807, 2.05) is 42.5 Å². The molecule has 0 atom stereocenters. The summed E-state index contributed by atoms with van der Waals surface area (Å²) in [5.41, 5.74) is 5.88. The quantitative estimate of drug-likeness (QED) is 0.394. The summed E-state index contributed by atoms with van der Waals surface area (Å²) in [6.45, 7) is 0. The number of aryl methyl sites for hydroxylation is 2. The van der Waals surface area contributed by atoms with E-state index in [1.165, 1.54) is 4.57 Å². The average Bonchev–Trinajstić information content (AvgIpc) is 3.34. The molecule has 0 spiro atoms. The number of H-pyrrole nitrogens is 1. The molecule has 0 unspecified atom stereocenters. The minimum atomic E-state index is -0.432. The van der Waals surface area contributed by atoms with Crippen LogP contribution in [0.4, 0.5) is 5.69 Å². The third-order valence-electron chi connectivity index (χ3n) is 5.87. The molecule has 0 aliphatic carbocycles. The van der Waals surface area contributed by atoms with Crippen LogP contribution in [0.5, 0.6) is 5.75 Å². The van der Waals surface area contributed by atoms with Crippen LogP contribution in [0.3, 0.4) is 0 Å². The van der Waals surface area contributed by atoms with Crippen molar-refractivity contribution < 1.29 is 13.9 Å². The fourth-order valence-corrected chi connectivity index (χ4v) is 4.14. The molecule has 5 aromatic rings. The number of rotatable bonds is 6. The van der Waals surface area contributed by atoms with E-state index in [2.05, 4.69) is 16.4 Å². The summed E-state index contributed by atoms with van der Waals surface area (Å²) >= 11 is 0. The lowest BCUT2D eigenvalue weighted by Crippen LogP contribution is -2.12. The highest BCUT2D eigenvalue weighted by molar-refractivity contribution is 5.95. The maximum Gasteiger partial charge on any atom is 0.419 e. The number of carbonyl (C=O) groups is 1. The molecule has 0 fully saturated rings. The largest absolute Gasteiger partial charge is 0.497 e. The Kier molecular flexibility index (Phi) is 5.22. The summed E-state index contributed by atoms with van der Waals surface area (Å²) in [6.07, 6.45) is 0.877. The summed E-state index contributed by atoms with van der Waals surface area (Å²) in [5.74, 6) is 0.250. The van der Waals surface area contributed by atoms with Crippen molar-refractivity contribution >= 4 is 33.6 Å². The summed E-state index contributed by atoms with van der Waals surface area (Å²) in [4.78, 5) is 27.9. The Morgan fingerprint density at radius 3 is 2.67 bits per heavy atom. The van der Waals surface area contributed by atoms with Gasteiger partial charge < -0.3 is 19.5 Å². The molecule has 0 aliphatic rings. The lowest BCUT2D eigenvalue weighted by molar-refractivity contribution is -0.116. The second-order valence-electron chi connectivity index (χ2n) is 7.91. The van der Waals surface area contributed by atoms with Gasteiger partial charge in [-0.15, -0.1) is 0 Å². The summed E-state index contributed by atoms with van der Waals surface area (Å²) in [7, 11) is 3.29. The third kappa shape index (κ3) is 3.89. The number of ether oxygens (including phenoxy) is 1. The molecule has 0 saturated heterocycles. The first-order chi connectivity index (χ1) is 16.0. The second kappa shape index (κ2) is 8.35. The van der Waals surface area contributed by atoms with Crippen molar-refractivity contribution in [2.75, 3.05) is 12.4 Å². The molecule has 7 nitrogen and oxygen atoms in total. The Morgan fingerprint density at radius 1 is 1.09 bits per heavy atom. The number of para-hydroxylation sites is 1. The molecule has 0 radical (unpaired) electrons. The number of oxazole rings is 1. The number of nitrogens with one attached hydrogen (secondary N) is 2. The van der Waals surface area contributed by atoms with Crippen LogP contribution in [0, 0.1) is 0 Å². The van der Waals surface area contributed by atoms with Crippen molar-refractivity contribution in [3.8, 4) is 17.0 Å². The van der Waals surface area contributed by atoms with E-state index in [1.54, 1.807) is 32.4 Å². The number of methoxy groups -OCH3 is 1. The number of amides is 1. The number of aromatic amines is 1. The van der Waals surface area contributed by atoms with E-state index in [0.29, 0.717) is 29.6 Å². The minimum Gasteiger partial charge on any atom is -0.497 e. The Hall–Kier alpha value is -4.26. The number of carbonyl (C=O) groups excluding carboxylic acids is 1. The Labute approximate surface area is 189 Å². The number of benzene rings is 3. The van der Waals surface area contributed by atoms with Crippen LogP contribution < -0.4 is 15.8 Å². The van der Waals surface area contributed by atoms with Crippen molar-refractivity contribution in [2.45, 2.75) is 12.8 Å². The maximum absolute atomic E-state index is 12.7. The van der Waals surface area contributed by atoms with Gasteiger partial charge in [-0.3, -0.25) is 9.36 Å². The number of aromatic nitrogens is 2. The number of hydrogen-bond acceptors (Lipinski definition) is 4. The van der Waals surface area contributed by atoms with Gasteiger partial charge >= 0.3 is 5.76 Å². The molecule has 0 saturated carbocycles. The smallest absolute Gasteiger partial charge is 0.419 e. The zero-order valence-electron chi connectivity index (χ0n) is 18.3. The van der Waals surface area contributed by atoms with Crippen LogP contribution in [-0.2, 0) is 18.3 Å². The number of hydrogen-bond donors (Lipinski definition) is 2. The van der Waals surface area contributed by atoms with Crippen molar-refractivity contribution in [2.24, 2.45) is 7.05 Å². The van der Waals surface area contributed by atoms with Gasteiger partial charge in [-0.25, -0.2) is 4.79 Å². The standard InChI is InChI=1S/C26H23N3O4/c1-29-22-13-9-17(15-23(22)33-26(29)31)27-24(30)14-12-20-19-5-3-4-6-21(19)28-25(20)16-7-10-18(32-2)11-8-16/h3-11,13,15,28H,12,14H2,1-2H3,(H,27,30). The highest BCUT2D eigenvalue weighted by Gasteiger charge is 2.15. The van der Waals surface area contributed by atoms with Gasteiger partial charge in [-0.05, 0) is 60.0 Å². The van der Waals surface area contributed by atoms with Crippen molar-refractivity contribution in [3.05, 3.63) is 82.8 Å². The predicted molar refractivity (Wildman–Crippen MR) is 129 cm³/mol. The van der Waals surface area contributed by atoms with E-state index in [0.717, 1.165) is 33.5 Å². The fourth-order valence-electron chi connectivity index (χ4n) is 4.14. The van der Waals surface area contributed by atoms with Gasteiger partial charge in [0.15, 0.2) is 5.58 Å². The lowest BCUT2D eigenvalue weighted by Gasteiger charge is -2.08. The van der Waals surface area contributed by atoms with Gasteiger partial charge in [-0.1, -0.05) is 18.2 Å². The first kappa shape index (κ1) is 20.6. The summed E-state index contributed by atoms with van der Waals surface area (Å²) in [5, 5.41) is 4.01. The first-order valence-electron chi connectivity index (χ1n) is 10.7. The van der Waals surface area contributed by atoms with Crippen molar-refractivity contribution in [3.63, 3.8) is 0 Å². The molecular weight excluding hydrogens is 418 g/mol. The maximum atomic E-state index is 12.7. The normalized spacial score (nSPS) is 11.2. The number of nitrogens with zero attached hydrogens (tertiary/aromatic N) is 1. The van der Waals surface area contributed by atoms with Crippen molar-refractivity contribution in [1.82, 2.24) is 9.55 Å². The van der Waals surface area contributed by atoms with Gasteiger partial charge in [-0.2, -0.15) is 0 Å². The molecule has 0 aliphatic heterocycles. The van der Waals surface area contributed by atoms with Crippen LogP contribution in [0.2, 0.25) is 0 Å². The minimum absolute atomic E-state index is 0.112. The van der Waals surface area contributed by atoms with Gasteiger partial charge in [0.25, 0.3) is 0 Å². The van der Waals surface area contributed by atoms with E-state index in [-0.39, 0.29) is 5.91 Å². The van der Waals surface area contributed by atoms with Gasteiger partial charge in [0, 0.05) is 41.8 Å². The van der Waals surface area contributed by atoms with Crippen LogP contribution >= 0.6 is 0 Å². The summed E-state index contributed by atoms with van der Waals surface area (Å²) < 4.78 is 11.9. The second-order valence-corrected chi connectivity index (χ2v) is 7.91. The number of fused-ring (bicyclic) bond motifs is 2. The van der Waals surface area contributed by atoms with Gasteiger partial charge in [0.05, 0.1) is 12.6 Å². The van der Waals surface area contributed by atoms with E-state index < -0.39 is 5.76 Å². The molecule has 33 heavy (non-hydrogen) atoms. The summed E-state index contributed by atoms with van der Waals surface area (Å²) in [6, 6.07) is 21.2. The van der Waals surface area contributed by atoms with Crippen LogP contribution in [-0.4, -0.2) is 22.6 Å². The molecule has 2 aromatic heterocycles. The highest BCUT2D eigenvalue weighted by atomic mass is 16.5. The first-order valence-corrected chi connectivity index (χ1v) is 10.7. The molecule has 166 valence electrons. The van der Waals surface area contributed by atoms with Crippen LogP contribution in [0.25, 0.3) is 33.3 Å². The third-order valence-corrected chi connectivity index (χ3v) is 5.87. The van der Waals surface area contributed by atoms with Crippen molar-refractivity contribution in [1.29, 1.82) is 0 Å². The molecule has 7 heteroatoms. The monoisotopic (exact) mass is 441 g/mol. The Balaban J connectivity index is 1.38. The molecular formula is C26H23N3O4. The lowest BCUT2D eigenvalue weighted by atomic mass is 10.0. The topological polar surface area (TPSA) is 89.3 Å².